The van der Waals surface area contributed by atoms with Crippen molar-refractivity contribution in [1.29, 1.82) is 0 Å². The number of hydrogen-bond donors (Lipinski definition) is 1. The fraction of sp³-hybridized carbons (Fsp3) is 0.136. The zero-order valence-electron chi connectivity index (χ0n) is 15.7. The molecule has 0 unspecified atom stereocenters. The second kappa shape index (κ2) is 7.86. The van der Waals surface area contributed by atoms with E-state index in [2.05, 4.69) is 40.9 Å². The molecule has 28 heavy (non-hydrogen) atoms. The van der Waals surface area contributed by atoms with Gasteiger partial charge in [0.15, 0.2) is 0 Å². The molecule has 0 aliphatic rings. The van der Waals surface area contributed by atoms with Crippen molar-refractivity contribution >= 4 is 28.4 Å². The number of para-hydroxylation sites is 1. The van der Waals surface area contributed by atoms with Gasteiger partial charge in [-0.1, -0.05) is 55.9 Å². The summed E-state index contributed by atoms with van der Waals surface area (Å²) < 4.78 is 5.90. The standard InChI is InChI=1S/C22H20N4OS/c1-14(2)15-8-10-17(11-9-15)27-21-19(23)22(26-13-25-21)28-18-7-3-5-16-6-4-12-24-20(16)18/h3-14H,23H2,1-2H3. The molecule has 2 N–H and O–H groups in total. The van der Waals surface area contributed by atoms with Gasteiger partial charge in [-0.3, -0.25) is 4.98 Å². The van der Waals surface area contributed by atoms with Gasteiger partial charge >= 0.3 is 0 Å². The molecule has 5 nitrogen and oxygen atoms in total. The molecule has 0 spiro atoms. The second-order valence-electron chi connectivity index (χ2n) is 6.66. The third kappa shape index (κ3) is 3.77. The zero-order chi connectivity index (χ0) is 19.5. The van der Waals surface area contributed by atoms with Crippen LogP contribution in [0.1, 0.15) is 25.3 Å². The number of benzene rings is 2. The first-order valence-electron chi connectivity index (χ1n) is 9.01. The first kappa shape index (κ1) is 18.3. The number of ether oxygens (including phenoxy) is 1. The quantitative estimate of drug-likeness (QED) is 0.444. The Balaban J connectivity index is 1.61. The molecular formula is C22H20N4OS. The molecule has 0 bridgehead atoms. The molecule has 2 aromatic carbocycles. The lowest BCUT2D eigenvalue weighted by Crippen LogP contribution is -1.99. The molecule has 2 heterocycles. The summed E-state index contributed by atoms with van der Waals surface area (Å²) in [5.41, 5.74) is 8.89. The number of hydrogen-bond acceptors (Lipinski definition) is 6. The highest BCUT2D eigenvalue weighted by atomic mass is 32.2. The predicted molar refractivity (Wildman–Crippen MR) is 113 cm³/mol. The highest BCUT2D eigenvalue weighted by Gasteiger charge is 2.14. The van der Waals surface area contributed by atoms with Crippen LogP contribution in [-0.2, 0) is 0 Å². The molecule has 4 aromatic rings. The minimum absolute atomic E-state index is 0.350. The summed E-state index contributed by atoms with van der Waals surface area (Å²) in [6.07, 6.45) is 3.25. The average molecular weight is 388 g/mol. The van der Waals surface area contributed by atoms with Gasteiger partial charge < -0.3 is 10.5 Å². The average Bonchev–Trinajstić information content (AvgIpc) is 2.71. The second-order valence-corrected chi connectivity index (χ2v) is 7.69. The van der Waals surface area contributed by atoms with Crippen LogP contribution in [0.4, 0.5) is 5.69 Å². The molecule has 0 fully saturated rings. The molecule has 140 valence electrons. The van der Waals surface area contributed by atoms with Crippen LogP contribution in [0.3, 0.4) is 0 Å². The van der Waals surface area contributed by atoms with E-state index < -0.39 is 0 Å². The van der Waals surface area contributed by atoms with Crippen molar-refractivity contribution in [2.24, 2.45) is 0 Å². The predicted octanol–water partition coefficient (Wildman–Crippen LogP) is 5.67. The maximum absolute atomic E-state index is 6.31. The van der Waals surface area contributed by atoms with Crippen LogP contribution in [0, 0.1) is 0 Å². The first-order valence-corrected chi connectivity index (χ1v) is 9.83. The molecular weight excluding hydrogens is 368 g/mol. The molecule has 0 radical (unpaired) electrons. The zero-order valence-corrected chi connectivity index (χ0v) is 16.5. The summed E-state index contributed by atoms with van der Waals surface area (Å²) >= 11 is 1.46. The lowest BCUT2D eigenvalue weighted by Gasteiger charge is -2.11. The number of rotatable bonds is 5. The number of pyridine rings is 1. The maximum Gasteiger partial charge on any atom is 0.247 e. The Hall–Kier alpha value is -3.12. The van der Waals surface area contributed by atoms with E-state index in [-0.39, 0.29) is 0 Å². The van der Waals surface area contributed by atoms with E-state index in [1.165, 1.54) is 23.7 Å². The van der Waals surface area contributed by atoms with Crippen LogP contribution in [0.2, 0.25) is 0 Å². The minimum atomic E-state index is 0.350. The smallest absolute Gasteiger partial charge is 0.247 e. The minimum Gasteiger partial charge on any atom is -0.437 e. The van der Waals surface area contributed by atoms with E-state index in [4.69, 9.17) is 10.5 Å². The van der Waals surface area contributed by atoms with Crippen molar-refractivity contribution in [3.05, 3.63) is 72.7 Å². The lowest BCUT2D eigenvalue weighted by molar-refractivity contribution is 0.462. The van der Waals surface area contributed by atoms with Crippen molar-refractivity contribution < 1.29 is 4.74 Å². The Bertz CT molecular complexity index is 1110. The van der Waals surface area contributed by atoms with E-state index in [0.717, 1.165) is 15.8 Å². The topological polar surface area (TPSA) is 73.9 Å². The molecule has 6 heteroatoms. The Morgan fingerprint density at radius 3 is 2.50 bits per heavy atom. The number of nitrogens with two attached hydrogens (primary N) is 1. The fourth-order valence-electron chi connectivity index (χ4n) is 2.82. The van der Waals surface area contributed by atoms with Crippen LogP contribution < -0.4 is 10.5 Å². The molecule has 0 atom stereocenters. The van der Waals surface area contributed by atoms with Crippen LogP contribution in [0.25, 0.3) is 10.9 Å². The van der Waals surface area contributed by atoms with E-state index in [1.54, 1.807) is 6.20 Å². The number of fused-ring (bicyclic) bond motifs is 1. The van der Waals surface area contributed by atoms with Crippen molar-refractivity contribution in [2.45, 2.75) is 29.7 Å². The normalized spacial score (nSPS) is 11.1. The number of nitrogens with zero attached hydrogens (tertiary/aromatic N) is 3. The van der Waals surface area contributed by atoms with Crippen molar-refractivity contribution in [3.63, 3.8) is 0 Å². The van der Waals surface area contributed by atoms with E-state index in [9.17, 15) is 0 Å². The van der Waals surface area contributed by atoms with Gasteiger partial charge in [0.05, 0.1) is 5.52 Å². The third-order valence-corrected chi connectivity index (χ3v) is 5.44. The summed E-state index contributed by atoms with van der Waals surface area (Å²) in [7, 11) is 0. The molecule has 0 aliphatic heterocycles. The van der Waals surface area contributed by atoms with Crippen molar-refractivity contribution in [2.75, 3.05) is 5.73 Å². The third-order valence-electron chi connectivity index (χ3n) is 4.37. The Morgan fingerprint density at radius 2 is 1.71 bits per heavy atom. The number of aromatic nitrogens is 3. The Labute approximate surface area is 168 Å². The maximum atomic E-state index is 6.31. The Morgan fingerprint density at radius 1 is 0.929 bits per heavy atom. The summed E-state index contributed by atoms with van der Waals surface area (Å²) in [4.78, 5) is 14.0. The summed E-state index contributed by atoms with van der Waals surface area (Å²) in [6, 6.07) is 18.0. The SMILES string of the molecule is CC(C)c1ccc(Oc2ncnc(Sc3cccc4cccnc34)c2N)cc1. The Kier molecular flexibility index (Phi) is 5.12. The summed E-state index contributed by atoms with van der Waals surface area (Å²) in [6.45, 7) is 4.31. The van der Waals surface area contributed by atoms with Crippen LogP contribution in [0.5, 0.6) is 11.6 Å². The van der Waals surface area contributed by atoms with Gasteiger partial charge in [0.25, 0.3) is 0 Å². The molecule has 0 saturated heterocycles. The van der Waals surface area contributed by atoms with Gasteiger partial charge in [-0.2, -0.15) is 4.98 Å². The molecule has 0 aliphatic carbocycles. The molecule has 0 saturated carbocycles. The van der Waals surface area contributed by atoms with Crippen LogP contribution >= 0.6 is 11.8 Å². The van der Waals surface area contributed by atoms with Gasteiger partial charge in [-0.15, -0.1) is 0 Å². The molecule has 4 rings (SSSR count). The van der Waals surface area contributed by atoms with Crippen molar-refractivity contribution in [3.8, 4) is 11.6 Å². The molecule has 2 aromatic heterocycles. The van der Waals surface area contributed by atoms with E-state index >= 15 is 0 Å². The monoisotopic (exact) mass is 388 g/mol. The van der Waals surface area contributed by atoms with Gasteiger partial charge in [0, 0.05) is 16.5 Å². The van der Waals surface area contributed by atoms with Gasteiger partial charge in [0.1, 0.15) is 22.8 Å². The van der Waals surface area contributed by atoms with Gasteiger partial charge in [-0.05, 0) is 35.7 Å². The van der Waals surface area contributed by atoms with E-state index in [1.807, 2.05) is 42.5 Å². The lowest BCUT2D eigenvalue weighted by atomic mass is 10.0. The summed E-state index contributed by atoms with van der Waals surface area (Å²) in [5, 5.41) is 1.71. The van der Waals surface area contributed by atoms with Gasteiger partial charge in [-0.25, -0.2) is 4.98 Å². The molecule has 0 amide bonds. The van der Waals surface area contributed by atoms with Crippen LogP contribution in [0.15, 0.2) is 77.0 Å². The number of nitrogen functional groups attached to an aromatic ring is 1. The summed E-state index contributed by atoms with van der Waals surface area (Å²) in [5.74, 6) is 1.51. The first-order chi connectivity index (χ1) is 13.6. The van der Waals surface area contributed by atoms with Crippen LogP contribution in [-0.4, -0.2) is 15.0 Å². The highest BCUT2D eigenvalue weighted by Crippen LogP contribution is 2.38. The van der Waals surface area contributed by atoms with E-state index in [0.29, 0.717) is 28.3 Å². The fourth-order valence-corrected chi connectivity index (χ4v) is 3.74. The van der Waals surface area contributed by atoms with Crippen molar-refractivity contribution in [1.82, 2.24) is 15.0 Å². The highest BCUT2D eigenvalue weighted by molar-refractivity contribution is 7.99. The van der Waals surface area contributed by atoms with Gasteiger partial charge in [0.2, 0.25) is 5.88 Å². The largest absolute Gasteiger partial charge is 0.437 e. The number of anilines is 1.